The predicted molar refractivity (Wildman–Crippen MR) is 98.5 cm³/mol. The monoisotopic (exact) mass is 356 g/mol. The number of amides is 2. The van der Waals surface area contributed by atoms with E-state index in [4.69, 9.17) is 4.74 Å². The first-order valence-corrected chi connectivity index (χ1v) is 9.98. The van der Waals surface area contributed by atoms with Crippen LogP contribution in [0.3, 0.4) is 0 Å². The van der Waals surface area contributed by atoms with Gasteiger partial charge in [-0.05, 0) is 49.7 Å². The summed E-state index contributed by atoms with van der Waals surface area (Å²) in [6.45, 7) is 3.59. The smallest absolute Gasteiger partial charge is 0.251 e. The van der Waals surface area contributed by atoms with Crippen LogP contribution >= 0.6 is 0 Å². The second-order valence-corrected chi connectivity index (χ2v) is 7.73. The molecule has 3 heterocycles. The van der Waals surface area contributed by atoms with Gasteiger partial charge in [-0.3, -0.25) is 9.59 Å². The lowest BCUT2D eigenvalue weighted by Gasteiger charge is -2.37. The van der Waals surface area contributed by atoms with Crippen LogP contribution in [0.2, 0.25) is 0 Å². The van der Waals surface area contributed by atoms with Crippen molar-refractivity contribution in [3.05, 3.63) is 35.4 Å². The van der Waals surface area contributed by atoms with Gasteiger partial charge in [0, 0.05) is 38.7 Å². The zero-order chi connectivity index (χ0) is 17.9. The highest BCUT2D eigenvalue weighted by Crippen LogP contribution is 2.26. The lowest BCUT2D eigenvalue weighted by Crippen LogP contribution is -2.48. The summed E-state index contributed by atoms with van der Waals surface area (Å²) in [5.74, 6) is 0.444. The summed E-state index contributed by atoms with van der Waals surface area (Å²) in [4.78, 5) is 29.4. The fraction of sp³-hybridized carbons (Fsp3) is 0.619. The average molecular weight is 356 g/mol. The topological polar surface area (TPSA) is 49.9 Å². The fourth-order valence-corrected chi connectivity index (χ4v) is 4.43. The summed E-state index contributed by atoms with van der Waals surface area (Å²) < 4.78 is 5.63. The van der Waals surface area contributed by atoms with E-state index < -0.39 is 0 Å². The van der Waals surface area contributed by atoms with Crippen LogP contribution in [0, 0.1) is 5.92 Å². The molecule has 0 spiro atoms. The Morgan fingerprint density at radius 1 is 0.885 bits per heavy atom. The minimum Gasteiger partial charge on any atom is -0.368 e. The molecule has 2 saturated heterocycles. The van der Waals surface area contributed by atoms with Gasteiger partial charge in [0.1, 0.15) is 6.10 Å². The van der Waals surface area contributed by atoms with Gasteiger partial charge in [0.2, 0.25) is 5.91 Å². The van der Waals surface area contributed by atoms with Gasteiger partial charge in [-0.15, -0.1) is 0 Å². The van der Waals surface area contributed by atoms with Crippen molar-refractivity contribution >= 4 is 11.8 Å². The molecule has 5 nitrogen and oxygen atoms in total. The summed E-state index contributed by atoms with van der Waals surface area (Å²) in [6, 6.07) is 8.40. The van der Waals surface area contributed by atoms with Crippen LogP contribution in [-0.2, 0) is 27.3 Å². The van der Waals surface area contributed by atoms with Gasteiger partial charge in [-0.25, -0.2) is 0 Å². The molecule has 0 saturated carbocycles. The van der Waals surface area contributed by atoms with Crippen molar-refractivity contribution in [2.75, 3.05) is 26.2 Å². The van der Waals surface area contributed by atoms with E-state index in [1.54, 1.807) is 0 Å². The number of hydrogen-bond donors (Lipinski definition) is 0. The van der Waals surface area contributed by atoms with Crippen molar-refractivity contribution in [2.24, 2.45) is 5.92 Å². The molecule has 1 aromatic carbocycles. The number of carbonyl (C=O) groups is 2. The Morgan fingerprint density at radius 3 is 2.38 bits per heavy atom. The van der Waals surface area contributed by atoms with Gasteiger partial charge in [-0.1, -0.05) is 24.3 Å². The van der Waals surface area contributed by atoms with Crippen LogP contribution in [0.15, 0.2) is 24.3 Å². The number of fused-ring (bicyclic) bond motifs is 1. The molecule has 3 aliphatic rings. The maximum atomic E-state index is 12.9. The van der Waals surface area contributed by atoms with Crippen LogP contribution < -0.4 is 0 Å². The first kappa shape index (κ1) is 17.5. The van der Waals surface area contributed by atoms with Gasteiger partial charge < -0.3 is 14.5 Å². The van der Waals surface area contributed by atoms with E-state index in [1.807, 2.05) is 15.9 Å². The van der Waals surface area contributed by atoms with Crippen molar-refractivity contribution in [1.29, 1.82) is 0 Å². The number of rotatable bonds is 2. The van der Waals surface area contributed by atoms with E-state index in [-0.39, 0.29) is 23.8 Å². The molecule has 3 aliphatic heterocycles. The van der Waals surface area contributed by atoms with Crippen molar-refractivity contribution in [2.45, 2.75) is 51.2 Å². The molecule has 0 aliphatic carbocycles. The molecule has 4 rings (SSSR count). The fourth-order valence-electron chi connectivity index (χ4n) is 4.43. The molecule has 1 atom stereocenters. The first-order chi connectivity index (χ1) is 12.7. The Morgan fingerprint density at radius 2 is 1.65 bits per heavy atom. The van der Waals surface area contributed by atoms with Crippen LogP contribution in [0.5, 0.6) is 0 Å². The van der Waals surface area contributed by atoms with Crippen LogP contribution in [-0.4, -0.2) is 54.0 Å². The molecule has 2 amide bonds. The van der Waals surface area contributed by atoms with Crippen molar-refractivity contribution in [3.8, 4) is 0 Å². The number of benzene rings is 1. The molecular formula is C21H28N2O3. The van der Waals surface area contributed by atoms with Gasteiger partial charge in [-0.2, -0.15) is 0 Å². The third kappa shape index (κ3) is 3.63. The third-order valence-electron chi connectivity index (χ3n) is 6.05. The van der Waals surface area contributed by atoms with E-state index in [2.05, 4.69) is 18.2 Å². The Bertz CT molecular complexity index is 661. The highest BCUT2D eigenvalue weighted by Gasteiger charge is 2.34. The first-order valence-electron chi connectivity index (χ1n) is 9.98. The quantitative estimate of drug-likeness (QED) is 0.817. The lowest BCUT2D eigenvalue weighted by atomic mass is 9.92. The van der Waals surface area contributed by atoms with Crippen LogP contribution in [0.1, 0.15) is 43.2 Å². The molecule has 0 bridgehead atoms. The second-order valence-electron chi connectivity index (χ2n) is 7.73. The molecule has 2 fully saturated rings. The van der Waals surface area contributed by atoms with E-state index in [0.717, 1.165) is 51.6 Å². The van der Waals surface area contributed by atoms with Gasteiger partial charge in [0.25, 0.3) is 5.91 Å². The van der Waals surface area contributed by atoms with Gasteiger partial charge >= 0.3 is 0 Å². The molecule has 0 unspecified atom stereocenters. The highest BCUT2D eigenvalue weighted by molar-refractivity contribution is 5.82. The maximum Gasteiger partial charge on any atom is 0.251 e. The molecule has 140 valence electrons. The average Bonchev–Trinajstić information content (AvgIpc) is 2.73. The standard InChI is InChI=1S/C21H28N2O3/c24-20(23-13-8-16-5-1-2-6-18(16)15-23)17-9-11-22(12-10-17)21(25)19-7-3-4-14-26-19/h1-2,5-6,17,19H,3-4,7-15H2/t19-/m1/s1. The largest absolute Gasteiger partial charge is 0.368 e. The van der Waals surface area contributed by atoms with E-state index >= 15 is 0 Å². The summed E-state index contributed by atoms with van der Waals surface area (Å²) in [6.07, 6.45) is 5.20. The number of ether oxygens (including phenoxy) is 1. The van der Waals surface area contributed by atoms with Crippen molar-refractivity contribution < 1.29 is 14.3 Å². The normalized spacial score (nSPS) is 24.2. The van der Waals surface area contributed by atoms with E-state index in [0.29, 0.717) is 19.7 Å². The molecule has 1 aromatic rings. The number of piperidine rings is 1. The van der Waals surface area contributed by atoms with Crippen LogP contribution in [0.4, 0.5) is 0 Å². The number of nitrogens with zero attached hydrogens (tertiary/aromatic N) is 2. The Kier molecular flexibility index (Phi) is 5.25. The number of hydrogen-bond acceptors (Lipinski definition) is 3. The Hall–Kier alpha value is -1.88. The number of carbonyl (C=O) groups excluding carboxylic acids is 2. The number of likely N-dealkylation sites (tertiary alicyclic amines) is 1. The lowest BCUT2D eigenvalue weighted by molar-refractivity contribution is -0.150. The zero-order valence-electron chi connectivity index (χ0n) is 15.4. The third-order valence-corrected chi connectivity index (χ3v) is 6.05. The molecule has 0 N–H and O–H groups in total. The predicted octanol–water partition coefficient (Wildman–Crippen LogP) is 2.38. The van der Waals surface area contributed by atoms with Crippen molar-refractivity contribution in [3.63, 3.8) is 0 Å². The van der Waals surface area contributed by atoms with Crippen LogP contribution in [0.25, 0.3) is 0 Å². The summed E-state index contributed by atoms with van der Waals surface area (Å²) in [5.41, 5.74) is 2.64. The molecule has 26 heavy (non-hydrogen) atoms. The minimum absolute atomic E-state index is 0.0524. The van der Waals surface area contributed by atoms with E-state index in [1.165, 1.54) is 11.1 Å². The second kappa shape index (κ2) is 7.78. The van der Waals surface area contributed by atoms with Crippen molar-refractivity contribution in [1.82, 2.24) is 9.80 Å². The highest BCUT2D eigenvalue weighted by atomic mass is 16.5. The van der Waals surface area contributed by atoms with Gasteiger partial charge in [0.15, 0.2) is 0 Å². The Labute approximate surface area is 155 Å². The molecular weight excluding hydrogens is 328 g/mol. The van der Waals surface area contributed by atoms with Gasteiger partial charge in [0.05, 0.1) is 0 Å². The summed E-state index contributed by atoms with van der Waals surface area (Å²) in [5, 5.41) is 0. The SMILES string of the molecule is O=C(C1CCN(C(=O)[C@H]2CCCCO2)CC1)N1CCc2ccccc2C1. The maximum absolute atomic E-state index is 12.9. The molecule has 0 aromatic heterocycles. The van der Waals surface area contributed by atoms with E-state index in [9.17, 15) is 9.59 Å². The molecule has 0 radical (unpaired) electrons. The minimum atomic E-state index is -0.255. The molecule has 5 heteroatoms. The Balaban J connectivity index is 1.30. The zero-order valence-corrected chi connectivity index (χ0v) is 15.4. The summed E-state index contributed by atoms with van der Waals surface area (Å²) >= 11 is 0. The summed E-state index contributed by atoms with van der Waals surface area (Å²) in [7, 11) is 0.